The molecule has 19 nitrogen and oxygen atoms in total. The molecule has 0 saturated carbocycles. The predicted molar refractivity (Wildman–Crippen MR) is 207 cm³/mol. The zero-order valence-electron chi connectivity index (χ0n) is 34.9. The minimum absolute atomic E-state index is 0.0485. The van der Waals surface area contributed by atoms with Gasteiger partial charge in [-0.15, -0.1) is 0 Å². The van der Waals surface area contributed by atoms with Gasteiger partial charge in [0, 0.05) is 0 Å². The number of carbonyl (C=O) groups excluding carboxylic acids is 7. The summed E-state index contributed by atoms with van der Waals surface area (Å²) in [6, 6.07) is -9.98. The lowest BCUT2D eigenvalue weighted by Gasteiger charge is -2.29. The zero-order chi connectivity index (χ0) is 43.8. The van der Waals surface area contributed by atoms with Crippen molar-refractivity contribution in [3.05, 3.63) is 0 Å². The van der Waals surface area contributed by atoms with Crippen LogP contribution < -0.4 is 43.0 Å². The summed E-state index contributed by atoms with van der Waals surface area (Å²) in [5.74, 6) is -7.48. The fourth-order valence-corrected chi connectivity index (χ4v) is 5.36. The summed E-state index contributed by atoms with van der Waals surface area (Å²) in [5, 5.41) is 47.1. The van der Waals surface area contributed by atoms with Gasteiger partial charge < -0.3 is 58.3 Å². The van der Waals surface area contributed by atoms with E-state index < -0.39 is 114 Å². The van der Waals surface area contributed by atoms with Crippen LogP contribution in [-0.2, 0) is 38.4 Å². The minimum atomic E-state index is -1.58. The number of aliphatic carboxylic acids is 1. The third-order valence-corrected chi connectivity index (χ3v) is 8.64. The second-order valence-electron chi connectivity index (χ2n) is 16.1. The monoisotopic (exact) mass is 801 g/mol. The molecule has 0 unspecified atom stereocenters. The van der Waals surface area contributed by atoms with Crippen LogP contribution in [0.3, 0.4) is 0 Å². The van der Waals surface area contributed by atoms with E-state index in [1.165, 1.54) is 27.7 Å². The van der Waals surface area contributed by atoms with Gasteiger partial charge in [0.25, 0.3) is 0 Å². The molecule has 7 amide bonds. The second-order valence-corrected chi connectivity index (χ2v) is 16.1. The Bertz CT molecular complexity index is 1360. The van der Waals surface area contributed by atoms with E-state index >= 15 is 0 Å². The van der Waals surface area contributed by atoms with Crippen LogP contribution in [0.15, 0.2) is 0 Å². The van der Waals surface area contributed by atoms with E-state index in [-0.39, 0.29) is 37.0 Å². The van der Waals surface area contributed by atoms with Crippen LogP contribution in [0.1, 0.15) is 102 Å². The lowest BCUT2D eigenvalue weighted by Crippen LogP contribution is -2.61. The standard InChI is InChI=1S/C37H68N8O11/c1-16(2)13-24(41-35(53)28(19(7)8)44-30(48)21(10)40-34(52)27(38)22(11)46)32(50)39-20(9)31(49)45-29(23(12)47)36(54)42-25(14-17(3)4)33(51)43-26(37(55)56)15-18(5)6/h16-29,46-47H,13-15,38H2,1-12H3,(H,39,50)(H,40,52)(H,41,53)(H,42,54)(H,43,51)(H,44,48)(H,45,49)(H,55,56)/t20-,21-,22+,23+,24-,25-,26-,27-,28-,29-/m0/s1. The molecule has 19 heteroatoms. The van der Waals surface area contributed by atoms with Crippen molar-refractivity contribution in [3.63, 3.8) is 0 Å². The lowest BCUT2D eigenvalue weighted by molar-refractivity contribution is -0.143. The van der Waals surface area contributed by atoms with E-state index in [1.54, 1.807) is 55.4 Å². The number of rotatable bonds is 24. The highest BCUT2D eigenvalue weighted by Crippen LogP contribution is 2.11. The van der Waals surface area contributed by atoms with Crippen molar-refractivity contribution in [3.8, 4) is 0 Å². The van der Waals surface area contributed by atoms with Gasteiger partial charge in [-0.2, -0.15) is 0 Å². The van der Waals surface area contributed by atoms with Crippen LogP contribution >= 0.6 is 0 Å². The first-order valence-corrected chi connectivity index (χ1v) is 19.2. The Kier molecular flexibility index (Phi) is 22.4. The maximum atomic E-state index is 13.5. The van der Waals surface area contributed by atoms with Gasteiger partial charge in [-0.3, -0.25) is 33.6 Å². The van der Waals surface area contributed by atoms with Crippen molar-refractivity contribution < 1.29 is 53.7 Å². The van der Waals surface area contributed by atoms with Gasteiger partial charge in [-0.25, -0.2) is 4.79 Å². The number of carboxylic acids is 1. The Balaban J connectivity index is 5.88. The summed E-state index contributed by atoms with van der Waals surface area (Å²) >= 11 is 0. The maximum absolute atomic E-state index is 13.5. The quantitative estimate of drug-likeness (QED) is 0.0526. The number of carboxylic acid groups (broad SMARTS) is 1. The first kappa shape index (κ1) is 51.6. The summed E-state index contributed by atoms with van der Waals surface area (Å²) in [6.07, 6.45) is -2.22. The van der Waals surface area contributed by atoms with Crippen molar-refractivity contribution in [2.24, 2.45) is 29.4 Å². The van der Waals surface area contributed by atoms with Gasteiger partial charge in [0.2, 0.25) is 41.4 Å². The van der Waals surface area contributed by atoms with Gasteiger partial charge in [-0.1, -0.05) is 55.4 Å². The van der Waals surface area contributed by atoms with E-state index in [0.717, 1.165) is 0 Å². The molecule has 0 aliphatic heterocycles. The van der Waals surface area contributed by atoms with Crippen molar-refractivity contribution in [2.75, 3.05) is 0 Å². The van der Waals surface area contributed by atoms with E-state index in [1.807, 2.05) is 0 Å². The topological polar surface area (TPSA) is 307 Å². The Morgan fingerprint density at radius 3 is 1.12 bits per heavy atom. The Hall–Kier alpha value is -4.36. The minimum Gasteiger partial charge on any atom is -0.480 e. The van der Waals surface area contributed by atoms with Crippen LogP contribution in [0, 0.1) is 23.7 Å². The normalized spacial score (nSPS) is 16.9. The molecular formula is C37H68N8O11. The third-order valence-electron chi connectivity index (χ3n) is 8.64. The Morgan fingerprint density at radius 2 is 0.768 bits per heavy atom. The van der Waals surface area contributed by atoms with Crippen LogP contribution in [0.5, 0.6) is 0 Å². The smallest absolute Gasteiger partial charge is 0.326 e. The van der Waals surface area contributed by atoms with Crippen LogP contribution in [0.4, 0.5) is 0 Å². The molecule has 56 heavy (non-hydrogen) atoms. The van der Waals surface area contributed by atoms with Crippen LogP contribution in [0.2, 0.25) is 0 Å². The molecular weight excluding hydrogens is 732 g/mol. The van der Waals surface area contributed by atoms with E-state index in [2.05, 4.69) is 37.2 Å². The molecule has 322 valence electrons. The number of carbonyl (C=O) groups is 8. The summed E-state index contributed by atoms with van der Waals surface area (Å²) in [6.45, 7) is 19.4. The summed E-state index contributed by atoms with van der Waals surface area (Å²) in [5.41, 5.74) is 5.63. The molecule has 0 aliphatic carbocycles. The van der Waals surface area contributed by atoms with Gasteiger partial charge in [-0.05, 0) is 70.6 Å². The van der Waals surface area contributed by atoms with E-state index in [0.29, 0.717) is 0 Å². The molecule has 0 aromatic heterocycles. The van der Waals surface area contributed by atoms with Gasteiger partial charge >= 0.3 is 5.97 Å². The van der Waals surface area contributed by atoms with Gasteiger partial charge in [0.1, 0.15) is 48.3 Å². The maximum Gasteiger partial charge on any atom is 0.326 e. The third kappa shape index (κ3) is 18.5. The molecule has 0 fully saturated rings. The second kappa shape index (κ2) is 24.3. The lowest BCUT2D eigenvalue weighted by atomic mass is 9.99. The van der Waals surface area contributed by atoms with Crippen molar-refractivity contribution >= 4 is 47.3 Å². The van der Waals surface area contributed by atoms with Crippen molar-refractivity contribution in [1.29, 1.82) is 0 Å². The molecule has 0 heterocycles. The molecule has 0 radical (unpaired) electrons. The molecule has 0 aliphatic rings. The first-order chi connectivity index (χ1) is 25.7. The molecule has 0 aromatic rings. The summed E-state index contributed by atoms with van der Waals surface area (Å²) in [7, 11) is 0. The van der Waals surface area contributed by atoms with Crippen LogP contribution in [0.25, 0.3) is 0 Å². The summed E-state index contributed by atoms with van der Waals surface area (Å²) < 4.78 is 0. The average Bonchev–Trinajstić information content (AvgIpc) is 3.06. The molecule has 0 aromatic carbocycles. The Labute approximate surface area is 330 Å². The largest absolute Gasteiger partial charge is 0.480 e. The SMILES string of the molecule is CC(C)C[C@H](NC(=O)[C@H](CC(C)C)NC(=O)[C@@H](NC(=O)[C@H](C)NC(=O)[C@H](CC(C)C)NC(=O)[C@@H](NC(=O)[C@H](C)NC(=O)[C@@H](N)[C@@H](C)O)C(C)C)[C@@H](C)O)C(=O)O. The molecule has 0 rings (SSSR count). The van der Waals surface area contributed by atoms with Gasteiger partial charge in [0.05, 0.1) is 12.2 Å². The van der Waals surface area contributed by atoms with E-state index in [4.69, 9.17) is 5.73 Å². The molecule has 0 bridgehead atoms. The highest BCUT2D eigenvalue weighted by Gasteiger charge is 2.35. The number of nitrogens with one attached hydrogen (secondary N) is 7. The summed E-state index contributed by atoms with van der Waals surface area (Å²) in [4.78, 5) is 104. The fourth-order valence-electron chi connectivity index (χ4n) is 5.36. The molecule has 10 atom stereocenters. The molecule has 12 N–H and O–H groups in total. The van der Waals surface area contributed by atoms with Gasteiger partial charge in [0.15, 0.2) is 0 Å². The first-order valence-electron chi connectivity index (χ1n) is 19.2. The highest BCUT2D eigenvalue weighted by molar-refractivity contribution is 5.97. The van der Waals surface area contributed by atoms with E-state index in [9.17, 15) is 53.7 Å². The highest BCUT2D eigenvalue weighted by atomic mass is 16.4. The number of nitrogens with two attached hydrogens (primary N) is 1. The van der Waals surface area contributed by atoms with Crippen molar-refractivity contribution in [1.82, 2.24) is 37.2 Å². The number of hydrogen-bond donors (Lipinski definition) is 11. The number of amides is 7. The average molecular weight is 801 g/mol. The Morgan fingerprint density at radius 1 is 0.429 bits per heavy atom. The predicted octanol–water partition coefficient (Wildman–Crippen LogP) is -1.61. The number of aliphatic hydroxyl groups is 2. The molecule has 0 saturated heterocycles. The van der Waals surface area contributed by atoms with Crippen molar-refractivity contribution in [2.45, 2.75) is 163 Å². The molecule has 0 spiro atoms. The van der Waals surface area contributed by atoms with Crippen LogP contribution in [-0.4, -0.2) is 123 Å². The number of hydrogen-bond acceptors (Lipinski definition) is 11. The zero-order valence-corrected chi connectivity index (χ0v) is 34.9. The fraction of sp³-hybridized carbons (Fsp3) is 0.784. The number of aliphatic hydroxyl groups excluding tert-OH is 2.